The molecule has 1 amide bonds. The first-order valence-corrected chi connectivity index (χ1v) is 8.20. The van der Waals surface area contributed by atoms with Crippen molar-refractivity contribution >= 4 is 18.3 Å². The molecule has 2 bridgehead atoms. The van der Waals surface area contributed by atoms with Crippen LogP contribution >= 0.6 is 12.4 Å². The molecule has 2 heterocycles. The van der Waals surface area contributed by atoms with Crippen LogP contribution in [-0.2, 0) is 11.8 Å². The molecule has 3 unspecified atom stereocenters. The Bertz CT molecular complexity index is 546. The molecule has 5 atom stereocenters. The molecule has 0 spiro atoms. The van der Waals surface area contributed by atoms with Crippen molar-refractivity contribution in [2.24, 2.45) is 24.8 Å². The van der Waals surface area contributed by atoms with Crippen LogP contribution in [0.3, 0.4) is 0 Å². The van der Waals surface area contributed by atoms with Gasteiger partial charge in [-0.2, -0.15) is 5.10 Å². The minimum absolute atomic E-state index is 0. The molecule has 22 heavy (non-hydrogen) atoms. The number of hydrogen-bond donors (Lipinski definition) is 2. The molecular formula is C16H25ClN4O. The third-order valence-electron chi connectivity index (χ3n) is 5.77. The highest BCUT2D eigenvalue weighted by atomic mass is 35.5. The Balaban J connectivity index is 0.00000144. The van der Waals surface area contributed by atoms with E-state index < -0.39 is 0 Å². The second kappa shape index (κ2) is 6.20. The van der Waals surface area contributed by atoms with Gasteiger partial charge in [0.1, 0.15) is 0 Å². The van der Waals surface area contributed by atoms with Gasteiger partial charge in [0.15, 0.2) is 0 Å². The zero-order valence-electron chi connectivity index (χ0n) is 13.0. The maximum atomic E-state index is 12.7. The normalized spacial score (nSPS) is 36.3. The highest BCUT2D eigenvalue weighted by Crippen LogP contribution is 2.44. The molecule has 1 aromatic rings. The van der Waals surface area contributed by atoms with E-state index in [4.69, 9.17) is 0 Å². The lowest BCUT2D eigenvalue weighted by Crippen LogP contribution is -2.43. The van der Waals surface area contributed by atoms with Crippen LogP contribution in [0.15, 0.2) is 12.4 Å². The van der Waals surface area contributed by atoms with Gasteiger partial charge in [0.25, 0.3) is 0 Å². The fourth-order valence-corrected chi connectivity index (χ4v) is 4.65. The fourth-order valence-electron chi connectivity index (χ4n) is 4.65. The summed E-state index contributed by atoms with van der Waals surface area (Å²) in [4.78, 5) is 12.7. The number of amides is 1. The fraction of sp³-hybridized carbons (Fsp3) is 0.750. The first kappa shape index (κ1) is 15.8. The topological polar surface area (TPSA) is 59.0 Å². The van der Waals surface area contributed by atoms with Gasteiger partial charge in [-0.05, 0) is 36.7 Å². The van der Waals surface area contributed by atoms with Crippen LogP contribution in [0.25, 0.3) is 0 Å². The summed E-state index contributed by atoms with van der Waals surface area (Å²) in [6.07, 6.45) is 9.16. The van der Waals surface area contributed by atoms with E-state index in [2.05, 4.69) is 15.7 Å². The predicted molar refractivity (Wildman–Crippen MR) is 86.9 cm³/mol. The van der Waals surface area contributed by atoms with E-state index in [-0.39, 0.29) is 30.2 Å². The number of carbonyl (C=O) groups is 1. The van der Waals surface area contributed by atoms with Gasteiger partial charge in [0, 0.05) is 38.3 Å². The Hall–Kier alpha value is -1.07. The summed E-state index contributed by atoms with van der Waals surface area (Å²) in [5.41, 5.74) is 1.18. The van der Waals surface area contributed by atoms with E-state index in [9.17, 15) is 4.79 Å². The van der Waals surface area contributed by atoms with Crippen molar-refractivity contribution in [3.63, 3.8) is 0 Å². The lowest BCUT2D eigenvalue weighted by Gasteiger charge is -2.26. The van der Waals surface area contributed by atoms with Gasteiger partial charge >= 0.3 is 0 Å². The number of carbonyl (C=O) groups excluding carboxylic acids is 1. The van der Waals surface area contributed by atoms with Crippen LogP contribution in [0.5, 0.6) is 0 Å². The van der Waals surface area contributed by atoms with Crippen molar-refractivity contribution in [2.45, 2.75) is 37.6 Å². The molecule has 122 valence electrons. The zero-order chi connectivity index (χ0) is 14.4. The first-order chi connectivity index (χ1) is 10.2. The molecule has 2 aliphatic carbocycles. The molecule has 1 aliphatic heterocycles. The summed E-state index contributed by atoms with van der Waals surface area (Å²) in [6, 6.07) is 0.436. The molecule has 2 saturated carbocycles. The van der Waals surface area contributed by atoms with Crippen LogP contribution in [0.2, 0.25) is 0 Å². The highest BCUT2D eigenvalue weighted by Gasteiger charge is 2.42. The summed E-state index contributed by atoms with van der Waals surface area (Å²) in [5, 5.41) is 11.0. The van der Waals surface area contributed by atoms with Crippen LogP contribution in [0.1, 0.15) is 37.2 Å². The van der Waals surface area contributed by atoms with E-state index >= 15 is 0 Å². The lowest BCUT2D eigenvalue weighted by atomic mass is 9.89. The number of halogens is 1. The van der Waals surface area contributed by atoms with E-state index in [1.807, 2.05) is 24.1 Å². The van der Waals surface area contributed by atoms with Crippen molar-refractivity contribution in [3.05, 3.63) is 18.0 Å². The van der Waals surface area contributed by atoms with Crippen molar-refractivity contribution in [1.82, 2.24) is 20.4 Å². The average molecular weight is 325 g/mol. The molecule has 0 radical (unpaired) electrons. The lowest BCUT2D eigenvalue weighted by molar-refractivity contribution is -0.125. The first-order valence-electron chi connectivity index (χ1n) is 8.20. The Morgan fingerprint density at radius 3 is 2.86 bits per heavy atom. The molecule has 4 rings (SSSR count). The van der Waals surface area contributed by atoms with Crippen molar-refractivity contribution in [1.29, 1.82) is 0 Å². The summed E-state index contributed by atoms with van der Waals surface area (Å²) in [5.74, 6) is 2.17. The van der Waals surface area contributed by atoms with E-state index in [0.29, 0.717) is 6.04 Å². The number of hydrogen-bond acceptors (Lipinski definition) is 3. The average Bonchev–Trinajstić information content (AvgIpc) is 3.21. The third kappa shape index (κ3) is 2.76. The van der Waals surface area contributed by atoms with Gasteiger partial charge in [-0.25, -0.2) is 0 Å². The number of nitrogens with one attached hydrogen (secondary N) is 2. The number of aromatic nitrogens is 2. The summed E-state index contributed by atoms with van der Waals surface area (Å²) >= 11 is 0. The summed E-state index contributed by atoms with van der Waals surface area (Å²) in [7, 11) is 1.93. The van der Waals surface area contributed by atoms with Crippen LogP contribution in [0, 0.1) is 17.8 Å². The highest BCUT2D eigenvalue weighted by molar-refractivity contribution is 5.85. The van der Waals surface area contributed by atoms with Crippen LogP contribution < -0.4 is 10.6 Å². The third-order valence-corrected chi connectivity index (χ3v) is 5.77. The molecule has 5 nitrogen and oxygen atoms in total. The van der Waals surface area contributed by atoms with Gasteiger partial charge < -0.3 is 10.6 Å². The summed E-state index contributed by atoms with van der Waals surface area (Å²) < 4.78 is 1.82. The molecule has 3 aliphatic rings. The summed E-state index contributed by atoms with van der Waals surface area (Å²) in [6.45, 7) is 1.66. The standard InChI is InChI=1S/C16H24N4O.ClH/c1-20-9-12(6-18-20)13-7-17-8-14(13)16(21)19-15-5-10-2-3-11(15)4-10;/h6,9-11,13-15,17H,2-5,7-8H2,1H3,(H,19,21);1H/t10?,11?,13-,14+,15?;/m1./s1. The Kier molecular flexibility index (Phi) is 4.46. The Labute approximate surface area is 137 Å². The molecule has 3 fully saturated rings. The van der Waals surface area contributed by atoms with E-state index in [1.54, 1.807) is 0 Å². The smallest absolute Gasteiger partial charge is 0.225 e. The van der Waals surface area contributed by atoms with Gasteiger partial charge in [-0.3, -0.25) is 9.48 Å². The minimum Gasteiger partial charge on any atom is -0.353 e. The maximum absolute atomic E-state index is 12.7. The Morgan fingerprint density at radius 2 is 2.23 bits per heavy atom. The molecule has 2 N–H and O–H groups in total. The monoisotopic (exact) mass is 324 g/mol. The molecular weight excluding hydrogens is 300 g/mol. The zero-order valence-corrected chi connectivity index (χ0v) is 13.8. The number of rotatable bonds is 3. The second-order valence-corrected chi connectivity index (χ2v) is 7.11. The predicted octanol–water partition coefficient (Wildman–Crippen LogP) is 1.45. The second-order valence-electron chi connectivity index (χ2n) is 7.11. The molecule has 6 heteroatoms. The van der Waals surface area contributed by atoms with Gasteiger partial charge in [0.05, 0.1) is 12.1 Å². The number of nitrogens with zero attached hydrogens (tertiary/aromatic N) is 2. The van der Waals surface area contributed by atoms with Crippen molar-refractivity contribution in [3.8, 4) is 0 Å². The van der Waals surface area contributed by atoms with Crippen LogP contribution in [0.4, 0.5) is 0 Å². The number of fused-ring (bicyclic) bond motifs is 2. The molecule has 1 aromatic heterocycles. The van der Waals surface area contributed by atoms with Gasteiger partial charge in [-0.15, -0.1) is 12.4 Å². The van der Waals surface area contributed by atoms with Crippen molar-refractivity contribution < 1.29 is 4.79 Å². The SMILES string of the molecule is Cl.Cn1cc([C@H]2CNC[C@@H]2C(=O)NC2CC3CCC2C3)cn1. The largest absolute Gasteiger partial charge is 0.353 e. The van der Waals surface area contributed by atoms with Crippen molar-refractivity contribution in [2.75, 3.05) is 13.1 Å². The Morgan fingerprint density at radius 1 is 1.36 bits per heavy atom. The van der Waals surface area contributed by atoms with Crippen LogP contribution in [-0.4, -0.2) is 34.8 Å². The van der Waals surface area contributed by atoms with Gasteiger partial charge in [0.2, 0.25) is 5.91 Å². The van der Waals surface area contributed by atoms with Gasteiger partial charge in [-0.1, -0.05) is 6.42 Å². The molecule has 1 saturated heterocycles. The molecule has 0 aromatic carbocycles. The number of aryl methyl sites for hydroxylation is 1. The quantitative estimate of drug-likeness (QED) is 0.884. The van der Waals surface area contributed by atoms with E-state index in [1.165, 1.54) is 31.2 Å². The maximum Gasteiger partial charge on any atom is 0.225 e. The van der Waals surface area contributed by atoms with E-state index in [0.717, 1.165) is 24.9 Å². The minimum atomic E-state index is 0.